The van der Waals surface area contributed by atoms with Crippen molar-refractivity contribution in [2.75, 3.05) is 10.6 Å². The zero-order chi connectivity index (χ0) is 22.9. The van der Waals surface area contributed by atoms with Crippen LogP contribution in [0, 0.1) is 0 Å². The second kappa shape index (κ2) is 11.1. The van der Waals surface area contributed by atoms with Gasteiger partial charge < -0.3 is 10.6 Å². The Bertz CT molecular complexity index is 1100. The Balaban J connectivity index is 1.63. The molecule has 2 amide bonds. The van der Waals surface area contributed by atoms with Crippen LogP contribution >= 0.6 is 11.8 Å². The van der Waals surface area contributed by atoms with Gasteiger partial charge in [-0.1, -0.05) is 36.0 Å². The highest BCUT2D eigenvalue weighted by Crippen LogP contribution is 2.27. The molecule has 0 aliphatic rings. The highest BCUT2D eigenvalue weighted by Gasteiger charge is 2.11. The van der Waals surface area contributed by atoms with Gasteiger partial charge in [-0.05, 0) is 54.1 Å². The Morgan fingerprint density at radius 2 is 1.59 bits per heavy atom. The fourth-order valence-corrected chi connectivity index (χ4v) is 3.25. The van der Waals surface area contributed by atoms with E-state index in [1.807, 2.05) is 0 Å². The predicted molar refractivity (Wildman–Crippen MR) is 124 cm³/mol. The van der Waals surface area contributed by atoms with Crippen molar-refractivity contribution >= 4 is 46.9 Å². The maximum absolute atomic E-state index is 12.6. The molecule has 9 heteroatoms. The summed E-state index contributed by atoms with van der Waals surface area (Å²) in [5.74, 6) is -3.05. The molecule has 3 aromatic rings. The largest absolute Gasteiger partial charge is 0.355 e. The number of alkyl halides is 2. The smallest absolute Gasteiger partial charge is 0.288 e. The van der Waals surface area contributed by atoms with Crippen LogP contribution < -0.4 is 16.1 Å². The lowest BCUT2D eigenvalue weighted by atomic mass is 10.1. The molecule has 0 radical (unpaired) electrons. The van der Waals surface area contributed by atoms with E-state index in [-0.39, 0.29) is 5.91 Å². The van der Waals surface area contributed by atoms with Crippen molar-refractivity contribution in [3.05, 3.63) is 83.9 Å². The third kappa shape index (κ3) is 6.92. The minimum atomic E-state index is -2.48. The summed E-state index contributed by atoms with van der Waals surface area (Å²) in [7, 11) is 0. The van der Waals surface area contributed by atoms with E-state index in [0.29, 0.717) is 39.3 Å². The molecule has 0 spiro atoms. The summed E-state index contributed by atoms with van der Waals surface area (Å²) in [6.07, 6.45) is 1.49. The first-order valence-electron chi connectivity index (χ1n) is 9.53. The average molecular weight is 455 g/mol. The topological polar surface area (TPSA) is 82.6 Å². The Hall–Kier alpha value is -3.72. The van der Waals surface area contributed by atoms with Gasteiger partial charge in [-0.25, -0.2) is 5.43 Å². The Morgan fingerprint density at radius 3 is 2.25 bits per heavy atom. The number of rotatable bonds is 8. The monoisotopic (exact) mass is 454 g/mol. The van der Waals surface area contributed by atoms with Crippen LogP contribution in [0.2, 0.25) is 0 Å². The zero-order valence-electron chi connectivity index (χ0n) is 17.0. The molecule has 0 fully saturated rings. The number of nitrogens with zero attached hydrogens (tertiary/aromatic N) is 1. The molecule has 0 unspecified atom stereocenters. The number of benzene rings is 3. The molecular formula is C23H20F2N4O2S. The van der Waals surface area contributed by atoms with E-state index in [1.54, 1.807) is 72.8 Å². The third-order valence-corrected chi connectivity index (χ3v) is 4.86. The number of nitrogens with one attached hydrogen (secondary N) is 3. The fraction of sp³-hybridized carbons (Fsp3) is 0.0870. The molecule has 3 rings (SSSR count). The molecule has 0 aromatic heterocycles. The molecule has 6 nitrogen and oxygen atoms in total. The summed E-state index contributed by atoms with van der Waals surface area (Å²) in [5.41, 5.74) is 5.48. The van der Waals surface area contributed by atoms with E-state index in [4.69, 9.17) is 0 Å². The predicted octanol–water partition coefficient (Wildman–Crippen LogP) is 5.47. The van der Waals surface area contributed by atoms with Crippen molar-refractivity contribution in [2.45, 2.75) is 17.6 Å². The lowest BCUT2D eigenvalue weighted by molar-refractivity contribution is -0.114. The highest BCUT2D eigenvalue weighted by atomic mass is 32.2. The normalized spacial score (nSPS) is 10.9. The minimum Gasteiger partial charge on any atom is -0.355 e. The molecular weight excluding hydrogens is 434 g/mol. The summed E-state index contributed by atoms with van der Waals surface area (Å²) < 4.78 is 24.9. The van der Waals surface area contributed by atoms with Crippen LogP contribution in [-0.2, 0) is 4.79 Å². The van der Waals surface area contributed by atoms with E-state index in [2.05, 4.69) is 21.2 Å². The number of anilines is 3. The van der Waals surface area contributed by atoms with Gasteiger partial charge in [0.15, 0.2) is 0 Å². The first kappa shape index (κ1) is 23.0. The van der Waals surface area contributed by atoms with Crippen LogP contribution in [0.5, 0.6) is 0 Å². The Kier molecular flexibility index (Phi) is 7.93. The number of hydrazone groups is 1. The van der Waals surface area contributed by atoms with Gasteiger partial charge in [0, 0.05) is 23.2 Å². The molecule has 0 saturated carbocycles. The SMILES string of the molecule is CC(=O)Nc1ccc(C=NNC(=O)c2ccccc2Nc2ccc(SC(F)F)cc2)cc1. The number of thioether (sulfide) groups is 1. The van der Waals surface area contributed by atoms with Gasteiger partial charge in [-0.3, -0.25) is 9.59 Å². The summed E-state index contributed by atoms with van der Waals surface area (Å²) in [5, 5.41) is 9.77. The van der Waals surface area contributed by atoms with Gasteiger partial charge in [-0.15, -0.1) is 0 Å². The molecule has 0 aliphatic carbocycles. The van der Waals surface area contributed by atoms with Gasteiger partial charge in [0.05, 0.1) is 17.5 Å². The van der Waals surface area contributed by atoms with Crippen molar-refractivity contribution < 1.29 is 18.4 Å². The molecule has 3 aromatic carbocycles. The Morgan fingerprint density at radius 1 is 0.938 bits per heavy atom. The number of para-hydroxylation sites is 1. The van der Waals surface area contributed by atoms with Crippen molar-refractivity contribution in [2.24, 2.45) is 5.10 Å². The van der Waals surface area contributed by atoms with Gasteiger partial charge in [0.25, 0.3) is 11.7 Å². The molecule has 0 aliphatic heterocycles. The summed E-state index contributed by atoms with van der Waals surface area (Å²) in [6, 6.07) is 20.4. The maximum Gasteiger partial charge on any atom is 0.288 e. The van der Waals surface area contributed by atoms with E-state index in [1.165, 1.54) is 13.1 Å². The summed E-state index contributed by atoms with van der Waals surface area (Å²) in [4.78, 5) is 24.1. The molecule has 0 atom stereocenters. The van der Waals surface area contributed by atoms with Crippen LogP contribution in [0.4, 0.5) is 25.8 Å². The number of hydrogen-bond acceptors (Lipinski definition) is 5. The van der Waals surface area contributed by atoms with E-state index >= 15 is 0 Å². The van der Waals surface area contributed by atoms with E-state index in [0.717, 1.165) is 5.56 Å². The van der Waals surface area contributed by atoms with Crippen molar-refractivity contribution in [3.63, 3.8) is 0 Å². The minimum absolute atomic E-state index is 0.158. The second-order valence-electron chi connectivity index (χ2n) is 6.58. The van der Waals surface area contributed by atoms with Gasteiger partial charge in [0.1, 0.15) is 0 Å². The van der Waals surface area contributed by atoms with Gasteiger partial charge >= 0.3 is 0 Å². The summed E-state index contributed by atoms with van der Waals surface area (Å²) >= 11 is 0.472. The molecule has 0 heterocycles. The molecule has 0 saturated heterocycles. The number of halogens is 2. The lowest BCUT2D eigenvalue weighted by Crippen LogP contribution is -2.19. The highest BCUT2D eigenvalue weighted by molar-refractivity contribution is 7.99. The third-order valence-electron chi connectivity index (χ3n) is 4.14. The number of carbonyl (C=O) groups excluding carboxylic acids is 2. The molecule has 3 N–H and O–H groups in total. The zero-order valence-corrected chi connectivity index (χ0v) is 17.8. The van der Waals surface area contributed by atoms with Crippen molar-refractivity contribution in [1.29, 1.82) is 0 Å². The Labute approximate surface area is 188 Å². The van der Waals surface area contributed by atoms with Crippen molar-refractivity contribution in [1.82, 2.24) is 5.43 Å². The molecule has 164 valence electrons. The van der Waals surface area contributed by atoms with Gasteiger partial charge in [0.2, 0.25) is 5.91 Å². The van der Waals surface area contributed by atoms with Crippen LogP contribution in [0.15, 0.2) is 82.8 Å². The molecule has 32 heavy (non-hydrogen) atoms. The maximum atomic E-state index is 12.6. The standard InChI is InChI=1S/C23H20F2N4O2S/c1-15(30)27-17-8-6-16(7-9-17)14-26-29-22(31)20-4-2-3-5-21(20)28-18-10-12-19(13-11-18)32-23(24)25/h2-14,23,28H,1H3,(H,27,30)(H,29,31). The van der Waals surface area contributed by atoms with Crippen LogP contribution in [-0.4, -0.2) is 23.8 Å². The fourth-order valence-electron chi connectivity index (χ4n) is 2.75. The lowest BCUT2D eigenvalue weighted by Gasteiger charge is -2.11. The quantitative estimate of drug-likeness (QED) is 0.240. The first-order valence-corrected chi connectivity index (χ1v) is 10.4. The second-order valence-corrected chi connectivity index (χ2v) is 7.64. The van der Waals surface area contributed by atoms with Crippen LogP contribution in [0.3, 0.4) is 0 Å². The number of carbonyl (C=O) groups is 2. The van der Waals surface area contributed by atoms with Crippen LogP contribution in [0.25, 0.3) is 0 Å². The number of amides is 2. The van der Waals surface area contributed by atoms with Crippen LogP contribution in [0.1, 0.15) is 22.8 Å². The average Bonchev–Trinajstić information content (AvgIpc) is 2.76. The van der Waals surface area contributed by atoms with E-state index < -0.39 is 11.7 Å². The first-order chi connectivity index (χ1) is 15.4. The molecule has 0 bridgehead atoms. The summed E-state index contributed by atoms with van der Waals surface area (Å²) in [6.45, 7) is 1.43. The van der Waals surface area contributed by atoms with Gasteiger partial charge in [-0.2, -0.15) is 13.9 Å². The number of hydrogen-bond donors (Lipinski definition) is 3. The van der Waals surface area contributed by atoms with E-state index in [9.17, 15) is 18.4 Å². The van der Waals surface area contributed by atoms with Crippen molar-refractivity contribution in [3.8, 4) is 0 Å².